The average molecular weight is 996 g/mol. The quantitative estimate of drug-likeness (QED) is 0.0358. The fraction of sp³-hybridized carbons (Fsp3) is 0. The highest BCUT2D eigenvalue weighted by molar-refractivity contribution is 9.11. The van der Waals surface area contributed by atoms with Crippen LogP contribution in [0.5, 0.6) is 0 Å². The van der Waals surface area contributed by atoms with Crippen molar-refractivity contribution in [1.29, 1.82) is 0 Å². The van der Waals surface area contributed by atoms with Crippen LogP contribution in [-0.2, 0) is 4.74 Å². The van der Waals surface area contributed by atoms with Crippen molar-refractivity contribution in [1.82, 2.24) is 0 Å². The fourth-order valence-electron chi connectivity index (χ4n) is 9.48. The van der Waals surface area contributed by atoms with E-state index in [1.807, 2.05) is 0 Å². The van der Waals surface area contributed by atoms with Crippen LogP contribution >= 0.6 is 31.9 Å². The molecule has 0 aliphatic carbocycles. The minimum Gasteiger partial charge on any atom is -0.478 e. The lowest BCUT2D eigenvalue weighted by atomic mass is 9.84. The lowest BCUT2D eigenvalue weighted by Crippen LogP contribution is -2.16. The first-order chi connectivity index (χ1) is 30.9. The predicted octanol–water partition coefficient (Wildman–Crippen LogP) is 10.5. The molecule has 0 atom stereocenters. The first kappa shape index (κ1) is 40.8. The maximum absolute atomic E-state index is 14.5. The third kappa shape index (κ3) is 5.58. The zero-order chi connectivity index (χ0) is 46.2. The number of benzene rings is 10. The van der Waals surface area contributed by atoms with E-state index in [2.05, 4.69) is 31.9 Å². The molecule has 0 radical (unpaired) electrons. The van der Waals surface area contributed by atoms with E-state index in [4.69, 9.17) is 4.74 Å². The molecule has 0 saturated carbocycles. The molecule has 0 heterocycles. The lowest BCUT2D eigenvalue weighted by Gasteiger charge is -2.21. The number of ether oxygens (including phenoxy) is 1. The second kappa shape index (κ2) is 14.1. The molecule has 10 aromatic rings. The van der Waals surface area contributed by atoms with Crippen LogP contribution in [0.3, 0.4) is 0 Å². The van der Waals surface area contributed by atoms with Gasteiger partial charge < -0.3 is 35.4 Å². The zero-order valence-corrected chi connectivity index (χ0v) is 35.4. The first-order valence-electron chi connectivity index (χ1n) is 18.9. The van der Waals surface area contributed by atoms with Crippen molar-refractivity contribution >= 4 is 166 Å². The van der Waals surface area contributed by atoms with Crippen LogP contribution in [0, 0.1) is 0 Å². The van der Waals surface area contributed by atoms with E-state index in [1.54, 1.807) is 0 Å². The van der Waals surface area contributed by atoms with Crippen LogP contribution in [0.15, 0.2) is 93.9 Å². The number of hydrogen-bond acceptors (Lipinski definition) is 9. The molecule has 10 rings (SSSR count). The van der Waals surface area contributed by atoms with Crippen LogP contribution in [-0.4, -0.2) is 78.4 Å². The number of esters is 2. The van der Waals surface area contributed by atoms with Crippen molar-refractivity contribution < 1.29 is 73.7 Å². The van der Waals surface area contributed by atoms with E-state index in [9.17, 15) is 69.0 Å². The second-order valence-corrected chi connectivity index (χ2v) is 16.7. The van der Waals surface area contributed by atoms with Crippen LogP contribution < -0.4 is 0 Å². The Bertz CT molecular complexity index is 3700. The highest BCUT2D eigenvalue weighted by Crippen LogP contribution is 2.49. The monoisotopic (exact) mass is 994 g/mol. The Kier molecular flexibility index (Phi) is 8.85. The Morgan fingerprint density at radius 2 is 0.523 bits per heavy atom. The normalized spacial score (nSPS) is 11.8. The van der Waals surface area contributed by atoms with Gasteiger partial charge in [-0.2, -0.15) is 0 Å². The number of hydrogen-bond donors (Lipinski definition) is 6. The van der Waals surface area contributed by atoms with Gasteiger partial charge in [0.2, 0.25) is 0 Å². The van der Waals surface area contributed by atoms with Crippen LogP contribution in [0.1, 0.15) is 82.9 Å². The number of carboxylic acids is 6. The SMILES string of the molecule is O=C(O)c1ccc2c3ccc(C(=O)O)c4c(C(=O)OC(=O)c5cc(Br)c6c7ccc(C(=O)O)c8c(C(=O)O)ccc(c9ccc(C(=O)O)c5c96)c87)cc(Br)c(c5ccc(C(=O)O)c1c25)c43. The Labute approximate surface area is 376 Å². The fourth-order valence-corrected chi connectivity index (χ4v) is 10.8. The number of carbonyl (C=O) groups is 8. The average Bonchev–Trinajstić information content (AvgIpc) is 3.26. The van der Waals surface area contributed by atoms with Crippen LogP contribution in [0.4, 0.5) is 0 Å². The molecular formula is C48H20Br2O15. The van der Waals surface area contributed by atoms with Gasteiger partial charge in [0.25, 0.3) is 0 Å². The highest BCUT2D eigenvalue weighted by atomic mass is 79.9. The van der Waals surface area contributed by atoms with Crippen molar-refractivity contribution in [2.75, 3.05) is 0 Å². The maximum atomic E-state index is 14.5. The van der Waals surface area contributed by atoms with E-state index in [1.165, 1.54) is 84.9 Å². The Morgan fingerprint density at radius 1 is 0.292 bits per heavy atom. The summed E-state index contributed by atoms with van der Waals surface area (Å²) in [7, 11) is 0. The van der Waals surface area contributed by atoms with Gasteiger partial charge in [0.15, 0.2) is 0 Å². The Morgan fingerprint density at radius 3 is 0.785 bits per heavy atom. The molecule has 17 heteroatoms. The van der Waals surface area contributed by atoms with Gasteiger partial charge in [0, 0.05) is 52.0 Å². The maximum Gasteiger partial charge on any atom is 0.346 e. The van der Waals surface area contributed by atoms with E-state index < -0.39 is 58.9 Å². The van der Waals surface area contributed by atoms with Gasteiger partial charge in [-0.15, -0.1) is 0 Å². The third-order valence-electron chi connectivity index (χ3n) is 11.9. The summed E-state index contributed by atoms with van der Waals surface area (Å²) >= 11 is 6.98. The van der Waals surface area contributed by atoms with Crippen molar-refractivity contribution in [2.24, 2.45) is 0 Å². The minimum atomic E-state index is -1.47. The van der Waals surface area contributed by atoms with Gasteiger partial charge in [-0.05, 0) is 91.6 Å². The largest absolute Gasteiger partial charge is 0.478 e. The molecule has 65 heavy (non-hydrogen) atoms. The highest BCUT2D eigenvalue weighted by Gasteiger charge is 2.31. The molecule has 0 aliphatic heterocycles. The summed E-state index contributed by atoms with van der Waals surface area (Å²) in [6.45, 7) is 0. The van der Waals surface area contributed by atoms with Gasteiger partial charge in [0.1, 0.15) is 0 Å². The summed E-state index contributed by atoms with van der Waals surface area (Å²) < 4.78 is 5.85. The summed E-state index contributed by atoms with van der Waals surface area (Å²) in [6, 6.07) is 18.4. The summed E-state index contributed by atoms with van der Waals surface area (Å²) in [6.07, 6.45) is 0. The Balaban J connectivity index is 1.22. The number of fused-ring (bicyclic) bond motifs is 4. The van der Waals surface area contributed by atoms with Crippen molar-refractivity contribution in [3.63, 3.8) is 0 Å². The number of carbonyl (C=O) groups excluding carboxylic acids is 2. The molecule has 0 fully saturated rings. The molecule has 0 unspecified atom stereocenters. The van der Waals surface area contributed by atoms with Gasteiger partial charge in [0.05, 0.1) is 44.5 Å². The van der Waals surface area contributed by atoms with E-state index in [-0.39, 0.29) is 96.2 Å². The summed E-state index contributed by atoms with van der Waals surface area (Å²) in [5.74, 6) is -11.2. The van der Waals surface area contributed by atoms with Crippen molar-refractivity contribution in [2.45, 2.75) is 0 Å². The first-order valence-corrected chi connectivity index (χ1v) is 20.5. The van der Waals surface area contributed by atoms with Gasteiger partial charge in [-0.3, -0.25) is 0 Å². The van der Waals surface area contributed by atoms with E-state index in [0.29, 0.717) is 32.3 Å². The van der Waals surface area contributed by atoms with E-state index >= 15 is 0 Å². The summed E-state index contributed by atoms with van der Waals surface area (Å²) in [4.78, 5) is 104. The summed E-state index contributed by atoms with van der Waals surface area (Å²) in [5, 5.41) is 64.1. The molecule has 0 saturated heterocycles. The lowest BCUT2D eigenvalue weighted by molar-refractivity contribution is 0.0398. The van der Waals surface area contributed by atoms with Crippen LogP contribution in [0.25, 0.3) is 86.2 Å². The topological polar surface area (TPSA) is 267 Å². The molecule has 316 valence electrons. The predicted molar refractivity (Wildman–Crippen MR) is 242 cm³/mol. The number of aromatic carboxylic acids is 6. The Hall–Kier alpha value is -8.28. The third-order valence-corrected chi connectivity index (χ3v) is 13.2. The standard InChI is InChI=1S/C48H20Br2O15/c49-29-13-27(35-25(45(59)60)9-3-17-15-1-7-21(41(51)52)33-23(43(55)56)11-5-19(31(15)33)37(29)39(17)35)47(63)65-48(64)28-14-30(50)38-20-6-12-24(44(57)58)34-22(42(53)54)8-2-16(32(20)34)18-4-10-26(46(61)62)36(28)40(18)38/h1-14H,(H,51,52)(H,53,54)(H,55,56)(H,57,58)(H,59,60)(H,61,62). The van der Waals surface area contributed by atoms with Gasteiger partial charge >= 0.3 is 47.8 Å². The van der Waals surface area contributed by atoms with Gasteiger partial charge in [-0.1, -0.05) is 68.3 Å². The molecule has 0 aromatic heterocycles. The molecule has 0 amide bonds. The number of halogens is 2. The number of carboxylic acid groups (broad SMARTS) is 6. The van der Waals surface area contributed by atoms with Crippen LogP contribution in [0.2, 0.25) is 0 Å². The second-order valence-electron chi connectivity index (χ2n) is 15.0. The van der Waals surface area contributed by atoms with Gasteiger partial charge in [-0.25, -0.2) is 38.4 Å². The van der Waals surface area contributed by atoms with E-state index in [0.717, 1.165) is 0 Å². The smallest absolute Gasteiger partial charge is 0.346 e. The van der Waals surface area contributed by atoms with Crippen molar-refractivity contribution in [3.8, 4) is 0 Å². The molecule has 10 aromatic carbocycles. The molecular weight excluding hydrogens is 976 g/mol. The van der Waals surface area contributed by atoms with Crippen molar-refractivity contribution in [3.05, 3.63) is 138 Å². The summed E-state index contributed by atoms with van der Waals surface area (Å²) in [5.41, 5.74) is -2.76. The molecule has 15 nitrogen and oxygen atoms in total. The molecule has 0 spiro atoms. The number of rotatable bonds is 8. The minimum absolute atomic E-state index is 0.0785. The zero-order valence-electron chi connectivity index (χ0n) is 32.2. The molecule has 6 N–H and O–H groups in total. The molecule has 0 aliphatic rings. The molecule has 0 bridgehead atoms.